The maximum atomic E-state index is 14.2. The Morgan fingerprint density at radius 2 is 1.46 bits per heavy atom. The van der Waals surface area contributed by atoms with Crippen molar-refractivity contribution in [3.05, 3.63) is 108 Å². The number of fused-ring (bicyclic) bond motifs is 1. The minimum absolute atomic E-state index is 0.0573. The summed E-state index contributed by atoms with van der Waals surface area (Å²) in [5.41, 5.74) is -6.59. The van der Waals surface area contributed by atoms with Gasteiger partial charge in [0, 0.05) is 32.3 Å². The van der Waals surface area contributed by atoms with Crippen molar-refractivity contribution in [3.63, 3.8) is 0 Å². The number of ether oxygens (including phenoxy) is 6. The van der Waals surface area contributed by atoms with Crippen LogP contribution in [0.3, 0.4) is 0 Å². The van der Waals surface area contributed by atoms with Crippen molar-refractivity contribution in [2.45, 2.75) is 88.7 Å². The van der Waals surface area contributed by atoms with Gasteiger partial charge in [0.05, 0.1) is 28.2 Å². The van der Waals surface area contributed by atoms with Crippen LogP contribution >= 0.6 is 0 Å². The van der Waals surface area contributed by atoms with Crippen LogP contribution in [0.5, 0.6) is 0 Å². The molecule has 1 aromatic heterocycles. The Kier molecular flexibility index (Phi) is 10.5. The molecule has 2 heterocycles. The van der Waals surface area contributed by atoms with E-state index in [9.17, 15) is 29.1 Å². The van der Waals surface area contributed by atoms with E-state index < -0.39 is 89.0 Å². The summed E-state index contributed by atoms with van der Waals surface area (Å²) >= 11 is 0. The summed E-state index contributed by atoms with van der Waals surface area (Å²) in [6, 6.07) is 20.1. The minimum Gasteiger partial charge on any atom is -0.465 e. The molecular weight excluding hydrogens is 698 g/mol. The summed E-state index contributed by atoms with van der Waals surface area (Å²) in [5, 5.41) is 12.6. The highest BCUT2D eigenvalue weighted by Crippen LogP contribution is 2.69. The van der Waals surface area contributed by atoms with Crippen molar-refractivity contribution in [1.29, 1.82) is 0 Å². The van der Waals surface area contributed by atoms with Gasteiger partial charge in [-0.15, -0.1) is 0 Å². The third-order valence-corrected chi connectivity index (χ3v) is 10.7. The molecule has 284 valence electrons. The van der Waals surface area contributed by atoms with Crippen LogP contribution in [0.15, 0.2) is 91.3 Å². The van der Waals surface area contributed by atoms with Crippen LogP contribution in [0.1, 0.15) is 73.7 Å². The molecule has 0 radical (unpaired) electrons. The second-order valence-corrected chi connectivity index (χ2v) is 14.6. The number of hydrogen-bond donors (Lipinski definition) is 1. The molecular formula is C41H43NO12. The highest BCUT2D eigenvalue weighted by molar-refractivity contribution is 5.90. The molecule has 54 heavy (non-hydrogen) atoms. The molecule has 1 aliphatic heterocycles. The van der Waals surface area contributed by atoms with Gasteiger partial charge in [-0.25, -0.2) is 14.4 Å². The molecule has 2 saturated carbocycles. The van der Waals surface area contributed by atoms with Crippen LogP contribution in [0.2, 0.25) is 0 Å². The molecule has 1 N–H and O–H groups in total. The Balaban J connectivity index is 1.61. The van der Waals surface area contributed by atoms with E-state index in [1.165, 1.54) is 50.5 Å². The SMILES string of the molecule is CC(=O)OC[C@@]12[C@@H](OC(=O)C=Cc3ccccc3)CC[C@](C)(O)[C@]13OC(C)(C)[C@H]([C@@H](OC(=O)c1cccnc1)[C@H]2OC(=O)c1ccccc1)[C@H]3OC(C)=O. The number of esters is 5. The fourth-order valence-electron chi connectivity index (χ4n) is 8.63. The number of hydrogen-bond acceptors (Lipinski definition) is 13. The smallest absolute Gasteiger partial charge is 0.340 e. The normalized spacial score (nSPS) is 30.7. The number of carbonyl (C=O) groups excluding carboxylic acids is 5. The van der Waals surface area contributed by atoms with Crippen LogP contribution in [0, 0.1) is 11.3 Å². The molecule has 2 aliphatic carbocycles. The average molecular weight is 742 g/mol. The van der Waals surface area contributed by atoms with Gasteiger partial charge in [0.1, 0.15) is 30.3 Å². The van der Waals surface area contributed by atoms with Crippen molar-refractivity contribution >= 4 is 35.9 Å². The Morgan fingerprint density at radius 3 is 2.09 bits per heavy atom. The lowest BCUT2D eigenvalue weighted by molar-refractivity contribution is -0.348. The Labute approximate surface area is 312 Å². The van der Waals surface area contributed by atoms with Gasteiger partial charge in [-0.2, -0.15) is 0 Å². The van der Waals surface area contributed by atoms with Crippen molar-refractivity contribution in [2.75, 3.05) is 6.61 Å². The second kappa shape index (κ2) is 14.8. The van der Waals surface area contributed by atoms with Crippen LogP contribution in [-0.4, -0.2) is 87.8 Å². The average Bonchev–Trinajstić information content (AvgIpc) is 3.34. The predicted octanol–water partition coefficient (Wildman–Crippen LogP) is 4.66. The topological polar surface area (TPSA) is 174 Å². The highest BCUT2D eigenvalue weighted by atomic mass is 16.6. The monoisotopic (exact) mass is 741 g/mol. The number of pyridine rings is 1. The standard InChI is InChI=1S/C41H43NO12/c1-25(43)49-24-40-30(51-31(45)19-18-27-13-8-6-9-14-27)20-21-39(5,48)41(40)34(50-26(2)44)32(38(3,4)54-41)33(52-37(47)29-17-12-22-42-23-29)35(40)53-36(46)28-15-10-7-11-16-28/h6-19,22-23,30,32-35,48H,20-21,24H2,1-5H3/t30-,32+,33+,34+,35+,39-,40-,41-/m0/s1. The van der Waals surface area contributed by atoms with Crippen molar-refractivity contribution < 1.29 is 57.5 Å². The largest absolute Gasteiger partial charge is 0.465 e. The lowest BCUT2D eigenvalue weighted by atomic mass is 9.46. The Hall–Kier alpha value is -5.40. The van der Waals surface area contributed by atoms with E-state index in [4.69, 9.17) is 28.4 Å². The first-order valence-corrected chi connectivity index (χ1v) is 17.7. The fourth-order valence-corrected chi connectivity index (χ4v) is 8.63. The second-order valence-electron chi connectivity index (χ2n) is 14.6. The Morgan fingerprint density at radius 1 is 0.815 bits per heavy atom. The molecule has 8 atom stereocenters. The summed E-state index contributed by atoms with van der Waals surface area (Å²) in [4.78, 5) is 71.8. The molecule has 1 saturated heterocycles. The number of rotatable bonds is 10. The summed E-state index contributed by atoms with van der Waals surface area (Å²) in [7, 11) is 0. The first kappa shape index (κ1) is 38.3. The molecule has 2 aromatic carbocycles. The third kappa shape index (κ3) is 6.77. The summed E-state index contributed by atoms with van der Waals surface area (Å²) in [6.45, 7) is 6.47. The van der Waals surface area contributed by atoms with E-state index in [2.05, 4.69) is 4.98 Å². The number of carbonyl (C=O) groups is 5. The van der Waals surface area contributed by atoms with Crippen molar-refractivity contribution in [1.82, 2.24) is 4.98 Å². The van der Waals surface area contributed by atoms with Crippen LogP contribution in [0.4, 0.5) is 0 Å². The first-order valence-electron chi connectivity index (χ1n) is 17.7. The van der Waals surface area contributed by atoms with Crippen LogP contribution < -0.4 is 0 Å². The number of aromatic nitrogens is 1. The van der Waals surface area contributed by atoms with Crippen molar-refractivity contribution in [3.8, 4) is 0 Å². The quantitative estimate of drug-likeness (QED) is 0.173. The zero-order chi connectivity index (χ0) is 38.9. The summed E-state index contributed by atoms with van der Waals surface area (Å²) in [6.07, 6.45) is -0.518. The zero-order valence-electron chi connectivity index (χ0n) is 30.6. The fraction of sp³-hybridized carbons (Fsp3) is 0.415. The minimum atomic E-state index is -2.10. The third-order valence-electron chi connectivity index (χ3n) is 10.7. The number of benzene rings is 2. The van der Waals surface area contributed by atoms with E-state index in [0.29, 0.717) is 5.56 Å². The van der Waals surface area contributed by atoms with Gasteiger partial charge in [-0.3, -0.25) is 14.6 Å². The van der Waals surface area contributed by atoms with Gasteiger partial charge >= 0.3 is 29.8 Å². The molecule has 0 amide bonds. The maximum absolute atomic E-state index is 14.2. The van der Waals surface area contributed by atoms with E-state index in [1.807, 2.05) is 6.07 Å². The van der Waals surface area contributed by atoms with E-state index in [0.717, 1.165) is 6.92 Å². The van der Waals surface area contributed by atoms with E-state index in [-0.39, 0.29) is 24.0 Å². The Bertz CT molecular complexity index is 1910. The van der Waals surface area contributed by atoms with Gasteiger partial charge in [0.2, 0.25) is 0 Å². The van der Waals surface area contributed by atoms with Gasteiger partial charge in [0.15, 0.2) is 11.7 Å². The van der Waals surface area contributed by atoms with Gasteiger partial charge in [0.25, 0.3) is 0 Å². The van der Waals surface area contributed by atoms with Crippen molar-refractivity contribution in [2.24, 2.45) is 11.3 Å². The number of aliphatic hydroxyl groups is 1. The number of nitrogens with zero attached hydrogens (tertiary/aromatic N) is 1. The van der Waals surface area contributed by atoms with Crippen LogP contribution in [-0.2, 0) is 42.8 Å². The molecule has 1 spiro atoms. The maximum Gasteiger partial charge on any atom is 0.340 e. The predicted molar refractivity (Wildman–Crippen MR) is 190 cm³/mol. The molecule has 6 rings (SSSR count). The summed E-state index contributed by atoms with van der Waals surface area (Å²) < 4.78 is 37.8. The molecule has 3 aliphatic rings. The molecule has 13 nitrogen and oxygen atoms in total. The molecule has 0 unspecified atom stereocenters. The zero-order valence-corrected chi connectivity index (χ0v) is 30.6. The first-order chi connectivity index (χ1) is 25.6. The molecule has 2 bridgehead atoms. The van der Waals surface area contributed by atoms with E-state index >= 15 is 0 Å². The van der Waals surface area contributed by atoms with Gasteiger partial charge in [-0.1, -0.05) is 48.5 Å². The van der Waals surface area contributed by atoms with Gasteiger partial charge < -0.3 is 33.5 Å². The summed E-state index contributed by atoms with van der Waals surface area (Å²) in [5.74, 6) is -5.16. The molecule has 3 fully saturated rings. The lowest BCUT2D eigenvalue weighted by Crippen LogP contribution is -2.83. The van der Waals surface area contributed by atoms with Crippen LogP contribution in [0.25, 0.3) is 6.08 Å². The van der Waals surface area contributed by atoms with Gasteiger partial charge in [-0.05, 0) is 69.5 Å². The molecule has 13 heteroatoms. The lowest BCUT2D eigenvalue weighted by Gasteiger charge is -2.65. The van der Waals surface area contributed by atoms with E-state index in [1.54, 1.807) is 68.5 Å². The highest BCUT2D eigenvalue weighted by Gasteiger charge is 2.87. The molecule has 3 aromatic rings.